The number of aromatic nitrogens is 4. The normalized spacial score (nSPS) is 13.6. The van der Waals surface area contributed by atoms with Gasteiger partial charge in [0.25, 0.3) is 0 Å². The highest BCUT2D eigenvalue weighted by Gasteiger charge is 2.28. The van der Waals surface area contributed by atoms with Crippen LogP contribution < -0.4 is 10.1 Å². The zero-order chi connectivity index (χ0) is 19.8. The average molecular weight is 389 g/mol. The van der Waals surface area contributed by atoms with Gasteiger partial charge in [0.1, 0.15) is 5.82 Å². The van der Waals surface area contributed by atoms with Crippen molar-refractivity contribution in [1.82, 2.24) is 19.9 Å². The Bertz CT molecular complexity index is 1170. The lowest BCUT2D eigenvalue weighted by molar-refractivity contribution is 0.398. The second-order valence-electron chi connectivity index (χ2n) is 7.24. The maximum Gasteiger partial charge on any atom is 0.218 e. The van der Waals surface area contributed by atoms with Crippen LogP contribution >= 0.6 is 0 Å². The smallest absolute Gasteiger partial charge is 0.218 e. The molecule has 5 rings (SSSR count). The molecule has 4 heterocycles. The van der Waals surface area contributed by atoms with Crippen LogP contribution in [-0.2, 0) is 6.42 Å². The molecule has 0 aromatic carbocycles. The van der Waals surface area contributed by atoms with Crippen molar-refractivity contribution in [3.63, 3.8) is 0 Å². The van der Waals surface area contributed by atoms with Crippen molar-refractivity contribution in [2.45, 2.75) is 25.2 Å². The summed E-state index contributed by atoms with van der Waals surface area (Å²) in [4.78, 5) is 16.1. The predicted molar refractivity (Wildman–Crippen MR) is 109 cm³/mol. The van der Waals surface area contributed by atoms with Crippen molar-refractivity contribution in [3.8, 4) is 5.88 Å². The highest BCUT2D eigenvalue weighted by atomic mass is 19.1. The van der Waals surface area contributed by atoms with E-state index in [4.69, 9.17) is 4.74 Å². The Morgan fingerprint density at radius 3 is 2.76 bits per heavy atom. The highest BCUT2D eigenvalue weighted by Crippen LogP contribution is 2.42. The van der Waals surface area contributed by atoms with Gasteiger partial charge in [-0.05, 0) is 36.6 Å². The molecule has 4 aromatic rings. The van der Waals surface area contributed by atoms with Crippen molar-refractivity contribution in [1.29, 1.82) is 0 Å². The number of nitrogens with zero attached hydrogens (tertiary/aromatic N) is 3. The Morgan fingerprint density at radius 2 is 2.03 bits per heavy atom. The fraction of sp³-hybridized carbons (Fsp3) is 0.227. The Kier molecular flexibility index (Phi) is 4.35. The molecule has 0 atom stereocenters. The molecule has 0 unspecified atom stereocenters. The number of rotatable bonds is 6. The van der Waals surface area contributed by atoms with Crippen molar-refractivity contribution < 1.29 is 9.13 Å². The fourth-order valence-corrected chi connectivity index (χ4v) is 3.57. The lowest BCUT2D eigenvalue weighted by Gasteiger charge is -2.09. The minimum absolute atomic E-state index is 0.428. The van der Waals surface area contributed by atoms with E-state index >= 15 is 0 Å². The molecular weight excluding hydrogens is 369 g/mol. The third kappa shape index (κ3) is 3.51. The van der Waals surface area contributed by atoms with Gasteiger partial charge >= 0.3 is 0 Å². The molecule has 0 radical (unpaired) electrons. The Labute approximate surface area is 167 Å². The standard InChI is InChI=1S/C22H20FN5O/c1-29-19-7-5-16(12-26-19)27-18-6-4-14(22(23)28-18)10-15-11-25-17-8-9-24-21(20(15)17)13-2-3-13/h4-9,11-13,25H,2-3,10H2,1H3,(H,27,28). The summed E-state index contributed by atoms with van der Waals surface area (Å²) in [5.74, 6) is 0.991. The number of halogens is 1. The van der Waals surface area contributed by atoms with E-state index in [1.54, 1.807) is 37.6 Å². The third-order valence-corrected chi connectivity index (χ3v) is 5.19. The highest BCUT2D eigenvalue weighted by molar-refractivity contribution is 5.86. The number of anilines is 2. The van der Waals surface area contributed by atoms with Crippen LogP contribution in [0.1, 0.15) is 35.6 Å². The average Bonchev–Trinajstić information content (AvgIpc) is 3.51. The van der Waals surface area contributed by atoms with Crippen LogP contribution in [-0.4, -0.2) is 27.0 Å². The van der Waals surface area contributed by atoms with E-state index in [2.05, 4.69) is 25.3 Å². The van der Waals surface area contributed by atoms with Crippen LogP contribution in [0.2, 0.25) is 0 Å². The van der Waals surface area contributed by atoms with E-state index < -0.39 is 5.95 Å². The fourth-order valence-electron chi connectivity index (χ4n) is 3.57. The number of H-pyrrole nitrogens is 1. The molecule has 1 aliphatic carbocycles. The molecule has 7 heteroatoms. The van der Waals surface area contributed by atoms with Gasteiger partial charge in [0.2, 0.25) is 11.8 Å². The summed E-state index contributed by atoms with van der Waals surface area (Å²) in [5, 5.41) is 4.18. The van der Waals surface area contributed by atoms with Gasteiger partial charge in [-0.3, -0.25) is 4.98 Å². The number of ether oxygens (including phenoxy) is 1. The summed E-state index contributed by atoms with van der Waals surface area (Å²) >= 11 is 0. The summed E-state index contributed by atoms with van der Waals surface area (Å²) in [7, 11) is 1.56. The van der Waals surface area contributed by atoms with Crippen molar-refractivity contribution in [3.05, 3.63) is 71.7 Å². The maximum absolute atomic E-state index is 14.7. The van der Waals surface area contributed by atoms with Gasteiger partial charge in [-0.2, -0.15) is 4.39 Å². The predicted octanol–water partition coefficient (Wildman–Crippen LogP) is 4.71. The van der Waals surface area contributed by atoms with Gasteiger partial charge in [0.05, 0.1) is 24.7 Å². The number of hydrogen-bond acceptors (Lipinski definition) is 5. The zero-order valence-electron chi connectivity index (χ0n) is 15.9. The third-order valence-electron chi connectivity index (χ3n) is 5.19. The first-order valence-electron chi connectivity index (χ1n) is 9.58. The number of methoxy groups -OCH3 is 1. The van der Waals surface area contributed by atoms with Crippen molar-refractivity contribution in [2.24, 2.45) is 0 Å². The van der Waals surface area contributed by atoms with E-state index in [1.165, 1.54) is 12.8 Å². The number of aromatic amines is 1. The van der Waals surface area contributed by atoms with Crippen LogP contribution in [0.5, 0.6) is 5.88 Å². The molecule has 2 N–H and O–H groups in total. The number of nitrogens with one attached hydrogen (secondary N) is 2. The second kappa shape index (κ2) is 7.16. The molecular formula is C22H20FN5O. The summed E-state index contributed by atoms with van der Waals surface area (Å²) in [6.45, 7) is 0. The molecule has 1 fully saturated rings. The molecule has 146 valence electrons. The van der Waals surface area contributed by atoms with Gasteiger partial charge in [-0.1, -0.05) is 6.07 Å². The SMILES string of the molecule is COc1ccc(Nc2ccc(Cc3c[nH]c4ccnc(C5CC5)c34)c(F)n2)cn1. The first kappa shape index (κ1) is 17.6. The molecule has 6 nitrogen and oxygen atoms in total. The van der Waals surface area contributed by atoms with Crippen molar-refractivity contribution in [2.75, 3.05) is 12.4 Å². The summed E-state index contributed by atoms with van der Waals surface area (Å²) in [6, 6.07) is 9.05. The molecule has 0 spiro atoms. The van der Waals surface area contributed by atoms with Gasteiger partial charge < -0.3 is 15.0 Å². The molecule has 0 bridgehead atoms. The molecule has 1 saturated carbocycles. The number of fused-ring (bicyclic) bond motifs is 1. The van der Waals surface area contributed by atoms with Gasteiger partial charge in [-0.25, -0.2) is 9.97 Å². The minimum Gasteiger partial charge on any atom is -0.481 e. The lowest BCUT2D eigenvalue weighted by Crippen LogP contribution is -2.01. The topological polar surface area (TPSA) is 75.7 Å². The van der Waals surface area contributed by atoms with E-state index in [-0.39, 0.29) is 0 Å². The Hall–Kier alpha value is -3.48. The summed E-state index contributed by atoms with van der Waals surface area (Å²) in [6.07, 6.45) is 8.22. The molecule has 29 heavy (non-hydrogen) atoms. The first-order chi connectivity index (χ1) is 14.2. The van der Waals surface area contributed by atoms with Crippen LogP contribution in [0.3, 0.4) is 0 Å². The molecule has 0 amide bonds. The van der Waals surface area contributed by atoms with E-state index in [1.807, 2.05) is 18.5 Å². The van der Waals surface area contributed by atoms with Crippen LogP contribution in [0.15, 0.2) is 48.9 Å². The quantitative estimate of drug-likeness (QED) is 0.467. The summed E-state index contributed by atoms with van der Waals surface area (Å²) in [5.41, 5.74) is 4.49. The monoisotopic (exact) mass is 389 g/mol. The zero-order valence-corrected chi connectivity index (χ0v) is 15.9. The van der Waals surface area contributed by atoms with E-state index in [0.29, 0.717) is 35.3 Å². The second-order valence-corrected chi connectivity index (χ2v) is 7.24. The van der Waals surface area contributed by atoms with Crippen LogP contribution in [0.25, 0.3) is 10.9 Å². The first-order valence-corrected chi connectivity index (χ1v) is 9.58. The molecule has 0 saturated heterocycles. The maximum atomic E-state index is 14.7. The van der Waals surface area contributed by atoms with E-state index in [0.717, 1.165) is 22.2 Å². The van der Waals surface area contributed by atoms with Gasteiger partial charge in [0.15, 0.2) is 0 Å². The van der Waals surface area contributed by atoms with Gasteiger partial charge in [-0.15, -0.1) is 0 Å². The molecule has 1 aliphatic rings. The number of hydrogen-bond donors (Lipinski definition) is 2. The molecule has 4 aromatic heterocycles. The van der Waals surface area contributed by atoms with Crippen molar-refractivity contribution >= 4 is 22.4 Å². The number of pyridine rings is 3. The Balaban J connectivity index is 1.39. The van der Waals surface area contributed by atoms with Crippen LogP contribution in [0, 0.1) is 5.95 Å². The minimum atomic E-state index is -0.484. The Morgan fingerprint density at radius 1 is 1.14 bits per heavy atom. The van der Waals surface area contributed by atoms with Crippen LogP contribution in [0.4, 0.5) is 15.9 Å². The largest absolute Gasteiger partial charge is 0.481 e. The summed E-state index contributed by atoms with van der Waals surface area (Å²) < 4.78 is 19.8. The lowest BCUT2D eigenvalue weighted by atomic mass is 10.0. The van der Waals surface area contributed by atoms with E-state index in [9.17, 15) is 4.39 Å². The molecule has 0 aliphatic heterocycles. The van der Waals surface area contributed by atoms with Gasteiger partial charge in [0, 0.05) is 47.3 Å².